The molecule has 0 spiro atoms. The molecular formula is C20H20N2O3. The SMILES string of the molecule is COC(c1ccccc1)c1noc(C2(O)CCc3ccccc3C2)n1. The molecule has 0 radical (unpaired) electrons. The van der Waals surface area contributed by atoms with Gasteiger partial charge >= 0.3 is 0 Å². The van der Waals surface area contributed by atoms with Gasteiger partial charge in [-0.1, -0.05) is 59.8 Å². The van der Waals surface area contributed by atoms with E-state index in [-0.39, 0.29) is 5.89 Å². The number of hydrogen-bond donors (Lipinski definition) is 1. The number of benzene rings is 2. The second-order valence-corrected chi connectivity index (χ2v) is 6.46. The van der Waals surface area contributed by atoms with Crippen LogP contribution >= 0.6 is 0 Å². The van der Waals surface area contributed by atoms with Crippen LogP contribution in [0.5, 0.6) is 0 Å². The van der Waals surface area contributed by atoms with Crippen LogP contribution in [-0.4, -0.2) is 22.4 Å². The van der Waals surface area contributed by atoms with Gasteiger partial charge in [-0.15, -0.1) is 0 Å². The van der Waals surface area contributed by atoms with E-state index in [4.69, 9.17) is 9.26 Å². The van der Waals surface area contributed by atoms with Gasteiger partial charge in [0.1, 0.15) is 11.7 Å². The molecule has 128 valence electrons. The Kier molecular flexibility index (Phi) is 4.11. The van der Waals surface area contributed by atoms with Crippen molar-refractivity contribution in [3.63, 3.8) is 0 Å². The van der Waals surface area contributed by atoms with Crippen LogP contribution in [-0.2, 0) is 23.2 Å². The molecule has 5 heteroatoms. The summed E-state index contributed by atoms with van der Waals surface area (Å²) in [6.45, 7) is 0. The maximum atomic E-state index is 11.1. The van der Waals surface area contributed by atoms with Gasteiger partial charge in [0.25, 0.3) is 5.89 Å². The first-order valence-electron chi connectivity index (χ1n) is 8.40. The number of rotatable bonds is 4. The van der Waals surface area contributed by atoms with Crippen LogP contribution in [0.3, 0.4) is 0 Å². The van der Waals surface area contributed by atoms with Crippen LogP contribution in [0.2, 0.25) is 0 Å². The molecule has 25 heavy (non-hydrogen) atoms. The van der Waals surface area contributed by atoms with Crippen LogP contribution in [0.1, 0.15) is 40.9 Å². The fourth-order valence-corrected chi connectivity index (χ4v) is 3.45. The highest BCUT2D eigenvalue weighted by molar-refractivity contribution is 5.32. The van der Waals surface area contributed by atoms with Crippen LogP contribution in [0.25, 0.3) is 0 Å². The first kappa shape index (κ1) is 16.0. The van der Waals surface area contributed by atoms with Gasteiger partial charge in [0.15, 0.2) is 0 Å². The molecule has 1 aliphatic carbocycles. The van der Waals surface area contributed by atoms with Gasteiger partial charge in [0.05, 0.1) is 0 Å². The van der Waals surface area contributed by atoms with Crippen molar-refractivity contribution in [3.8, 4) is 0 Å². The van der Waals surface area contributed by atoms with Gasteiger partial charge in [0, 0.05) is 13.5 Å². The number of ether oxygens (including phenoxy) is 1. The Morgan fingerprint density at radius 1 is 1.08 bits per heavy atom. The van der Waals surface area contributed by atoms with Crippen LogP contribution < -0.4 is 0 Å². The molecule has 1 aliphatic rings. The maximum Gasteiger partial charge on any atom is 0.259 e. The Hall–Kier alpha value is -2.50. The summed E-state index contributed by atoms with van der Waals surface area (Å²) in [7, 11) is 1.61. The second kappa shape index (κ2) is 6.43. The Morgan fingerprint density at radius 3 is 2.56 bits per heavy atom. The number of methoxy groups -OCH3 is 1. The summed E-state index contributed by atoms with van der Waals surface area (Å²) in [5, 5.41) is 15.2. The number of hydrogen-bond acceptors (Lipinski definition) is 5. The molecule has 4 rings (SSSR count). The Balaban J connectivity index is 1.63. The third kappa shape index (κ3) is 2.97. The molecule has 0 saturated carbocycles. The molecular weight excluding hydrogens is 316 g/mol. The third-order valence-electron chi connectivity index (χ3n) is 4.82. The normalized spacial score (nSPS) is 20.9. The highest BCUT2D eigenvalue weighted by Crippen LogP contribution is 2.36. The number of aliphatic hydroxyl groups is 1. The van der Waals surface area contributed by atoms with Crippen LogP contribution in [0.15, 0.2) is 59.1 Å². The van der Waals surface area contributed by atoms with Gasteiger partial charge < -0.3 is 14.4 Å². The summed E-state index contributed by atoms with van der Waals surface area (Å²) in [6, 6.07) is 17.9. The minimum absolute atomic E-state index is 0.259. The summed E-state index contributed by atoms with van der Waals surface area (Å²) in [4.78, 5) is 4.47. The summed E-state index contributed by atoms with van der Waals surface area (Å²) in [5.41, 5.74) is 2.21. The van der Waals surface area contributed by atoms with Crippen LogP contribution in [0.4, 0.5) is 0 Å². The fourth-order valence-electron chi connectivity index (χ4n) is 3.45. The number of fused-ring (bicyclic) bond motifs is 1. The number of nitrogens with zero attached hydrogens (tertiary/aromatic N) is 2. The molecule has 0 fully saturated rings. The predicted octanol–water partition coefficient (Wildman–Crippen LogP) is 3.18. The third-order valence-corrected chi connectivity index (χ3v) is 4.82. The lowest BCUT2D eigenvalue weighted by Gasteiger charge is -2.30. The lowest BCUT2D eigenvalue weighted by atomic mass is 9.80. The number of aryl methyl sites for hydroxylation is 1. The molecule has 5 nitrogen and oxygen atoms in total. The second-order valence-electron chi connectivity index (χ2n) is 6.46. The summed E-state index contributed by atoms with van der Waals surface area (Å²) in [6.07, 6.45) is 1.41. The molecule has 2 aromatic carbocycles. The topological polar surface area (TPSA) is 68.4 Å². The molecule has 0 bridgehead atoms. The van der Waals surface area contributed by atoms with E-state index in [1.54, 1.807) is 7.11 Å². The molecule has 1 heterocycles. The molecule has 2 unspecified atom stereocenters. The van der Waals surface area contributed by atoms with Crippen molar-refractivity contribution in [3.05, 3.63) is 83.0 Å². The van der Waals surface area contributed by atoms with E-state index in [1.807, 2.05) is 48.5 Å². The van der Waals surface area contributed by atoms with E-state index < -0.39 is 11.7 Å². The average Bonchev–Trinajstić information content (AvgIpc) is 3.14. The molecule has 0 aliphatic heterocycles. The highest BCUT2D eigenvalue weighted by atomic mass is 16.5. The Bertz CT molecular complexity index is 862. The Labute approximate surface area is 146 Å². The molecule has 1 aromatic heterocycles. The van der Waals surface area contributed by atoms with Crippen molar-refractivity contribution in [1.29, 1.82) is 0 Å². The lowest BCUT2D eigenvalue weighted by molar-refractivity contribution is -0.00860. The zero-order valence-corrected chi connectivity index (χ0v) is 14.1. The van der Waals surface area contributed by atoms with Gasteiger partial charge in [-0.05, 0) is 29.5 Å². The van der Waals surface area contributed by atoms with Crippen LogP contribution in [0, 0.1) is 0 Å². The largest absolute Gasteiger partial charge is 0.380 e. The van der Waals surface area contributed by atoms with E-state index in [2.05, 4.69) is 16.2 Å². The van der Waals surface area contributed by atoms with Crippen molar-refractivity contribution < 1.29 is 14.4 Å². The van der Waals surface area contributed by atoms with Crippen molar-refractivity contribution in [2.24, 2.45) is 0 Å². The van der Waals surface area contributed by atoms with Crippen molar-refractivity contribution in [2.45, 2.75) is 31.0 Å². The van der Waals surface area contributed by atoms with Crippen molar-refractivity contribution >= 4 is 0 Å². The monoisotopic (exact) mass is 336 g/mol. The fraction of sp³-hybridized carbons (Fsp3) is 0.300. The van der Waals surface area contributed by atoms with E-state index in [0.29, 0.717) is 18.7 Å². The average molecular weight is 336 g/mol. The summed E-state index contributed by atoms with van der Waals surface area (Å²) in [5.74, 6) is 0.686. The minimum atomic E-state index is -1.13. The first-order valence-corrected chi connectivity index (χ1v) is 8.40. The molecule has 2 atom stereocenters. The quantitative estimate of drug-likeness (QED) is 0.792. The molecule has 3 aromatic rings. The van der Waals surface area contributed by atoms with E-state index in [9.17, 15) is 5.11 Å². The lowest BCUT2D eigenvalue weighted by Crippen LogP contribution is -2.33. The number of aromatic nitrogens is 2. The minimum Gasteiger partial charge on any atom is -0.380 e. The molecule has 0 saturated heterocycles. The van der Waals surface area contributed by atoms with Gasteiger partial charge in [0.2, 0.25) is 5.82 Å². The molecule has 0 amide bonds. The first-order chi connectivity index (χ1) is 12.2. The van der Waals surface area contributed by atoms with Gasteiger partial charge in [-0.3, -0.25) is 0 Å². The Morgan fingerprint density at radius 2 is 1.80 bits per heavy atom. The smallest absolute Gasteiger partial charge is 0.259 e. The zero-order chi connectivity index (χ0) is 17.3. The van der Waals surface area contributed by atoms with E-state index in [1.165, 1.54) is 5.56 Å². The summed E-state index contributed by atoms with van der Waals surface area (Å²) < 4.78 is 11.0. The van der Waals surface area contributed by atoms with E-state index in [0.717, 1.165) is 17.5 Å². The maximum absolute atomic E-state index is 11.1. The van der Waals surface area contributed by atoms with Gasteiger partial charge in [-0.2, -0.15) is 4.98 Å². The zero-order valence-electron chi connectivity index (χ0n) is 14.1. The predicted molar refractivity (Wildman–Crippen MR) is 92.0 cm³/mol. The molecule has 1 N–H and O–H groups in total. The highest BCUT2D eigenvalue weighted by Gasteiger charge is 2.39. The van der Waals surface area contributed by atoms with Gasteiger partial charge in [-0.25, -0.2) is 0 Å². The van der Waals surface area contributed by atoms with Crippen molar-refractivity contribution in [1.82, 2.24) is 10.1 Å². The van der Waals surface area contributed by atoms with Crippen molar-refractivity contribution in [2.75, 3.05) is 7.11 Å². The summed E-state index contributed by atoms with van der Waals surface area (Å²) >= 11 is 0. The standard InChI is InChI=1S/C20H20N2O3/c1-24-17(15-8-3-2-4-9-15)18-21-19(25-22-18)20(23)12-11-14-7-5-6-10-16(14)13-20/h2-10,17,23H,11-13H2,1H3. The van der Waals surface area contributed by atoms with E-state index >= 15 is 0 Å².